The Hall–Kier alpha value is -2.34. The third kappa shape index (κ3) is 6.59. The molecule has 1 aliphatic heterocycles. The zero-order valence-electron chi connectivity index (χ0n) is 17.4. The molecule has 1 atom stereocenters. The molecule has 2 aromatic rings. The molecule has 3 rings (SSSR count). The van der Waals surface area contributed by atoms with Crippen molar-refractivity contribution in [3.63, 3.8) is 0 Å². The summed E-state index contributed by atoms with van der Waals surface area (Å²) in [7, 11) is 0. The lowest BCUT2D eigenvalue weighted by atomic mass is 9.90. The summed E-state index contributed by atoms with van der Waals surface area (Å²) in [6.45, 7) is 3.54. The molecule has 0 spiro atoms. The summed E-state index contributed by atoms with van der Waals surface area (Å²) in [5, 5.41) is 5.68. The van der Waals surface area contributed by atoms with Crippen molar-refractivity contribution >= 4 is 33.6 Å². The largest absolute Gasteiger partial charge is 0.341 e. The average Bonchev–Trinajstić information content (AvgIpc) is 2.76. The van der Waals surface area contributed by atoms with Crippen molar-refractivity contribution in [1.29, 1.82) is 0 Å². The molecule has 2 N–H and O–H groups in total. The van der Waals surface area contributed by atoms with Crippen LogP contribution in [0.15, 0.2) is 59.1 Å². The second kappa shape index (κ2) is 11.2. The Labute approximate surface area is 187 Å². The van der Waals surface area contributed by atoms with Gasteiger partial charge in [0.15, 0.2) is 0 Å². The predicted octanol–water partition coefficient (Wildman–Crippen LogP) is 5.22. The first-order valence-corrected chi connectivity index (χ1v) is 11.5. The first-order valence-electron chi connectivity index (χ1n) is 10.7. The summed E-state index contributed by atoms with van der Waals surface area (Å²) in [4.78, 5) is 27.4. The van der Waals surface area contributed by atoms with Gasteiger partial charge in [-0.1, -0.05) is 59.6 Å². The maximum atomic E-state index is 13.1. The SMILES string of the molecule is CCCC(NC(=O)Nc1ccc(Br)cc1)C(=O)N1CCC(Cc2ccccc2)CC1. The van der Waals surface area contributed by atoms with E-state index in [1.807, 2.05) is 42.2 Å². The van der Waals surface area contributed by atoms with Crippen molar-refractivity contribution in [1.82, 2.24) is 10.2 Å². The molecular formula is C24H30BrN3O2. The molecule has 1 unspecified atom stereocenters. The fourth-order valence-corrected chi connectivity index (χ4v) is 4.19. The molecule has 1 saturated heterocycles. The van der Waals surface area contributed by atoms with Gasteiger partial charge in [0.25, 0.3) is 0 Å². The lowest BCUT2D eigenvalue weighted by molar-refractivity contribution is -0.134. The Morgan fingerprint density at radius 2 is 1.73 bits per heavy atom. The third-order valence-electron chi connectivity index (χ3n) is 5.58. The van der Waals surface area contributed by atoms with Crippen LogP contribution in [0, 0.1) is 5.92 Å². The number of carbonyl (C=O) groups excluding carboxylic acids is 2. The number of hydrogen-bond acceptors (Lipinski definition) is 2. The minimum atomic E-state index is -0.490. The Morgan fingerprint density at radius 1 is 1.07 bits per heavy atom. The molecule has 0 bridgehead atoms. The highest BCUT2D eigenvalue weighted by molar-refractivity contribution is 9.10. The van der Waals surface area contributed by atoms with E-state index < -0.39 is 6.04 Å². The number of halogens is 1. The van der Waals surface area contributed by atoms with E-state index in [1.54, 1.807) is 0 Å². The molecule has 0 radical (unpaired) electrons. The molecule has 1 heterocycles. The highest BCUT2D eigenvalue weighted by Crippen LogP contribution is 2.22. The summed E-state index contributed by atoms with van der Waals surface area (Å²) in [5.74, 6) is 0.635. The van der Waals surface area contributed by atoms with Crippen molar-refractivity contribution in [3.8, 4) is 0 Å². The number of likely N-dealkylation sites (tertiary alicyclic amines) is 1. The fourth-order valence-electron chi connectivity index (χ4n) is 3.93. The van der Waals surface area contributed by atoms with Crippen LogP contribution in [0.1, 0.15) is 38.2 Å². The Morgan fingerprint density at radius 3 is 2.37 bits per heavy atom. The summed E-state index contributed by atoms with van der Waals surface area (Å²) >= 11 is 3.38. The van der Waals surface area contributed by atoms with E-state index in [9.17, 15) is 9.59 Å². The summed E-state index contributed by atoms with van der Waals surface area (Å²) < 4.78 is 0.947. The van der Waals surface area contributed by atoms with Crippen LogP contribution in [0.5, 0.6) is 0 Å². The van der Waals surface area contributed by atoms with Gasteiger partial charge in [0, 0.05) is 23.2 Å². The average molecular weight is 472 g/mol. The lowest BCUT2D eigenvalue weighted by Crippen LogP contribution is -2.51. The molecule has 2 aromatic carbocycles. The number of piperidine rings is 1. The van der Waals surface area contributed by atoms with E-state index in [2.05, 4.69) is 50.8 Å². The van der Waals surface area contributed by atoms with Crippen LogP contribution >= 0.6 is 15.9 Å². The smallest absolute Gasteiger partial charge is 0.319 e. The fraction of sp³-hybridized carbons (Fsp3) is 0.417. The van der Waals surface area contributed by atoms with Crippen molar-refractivity contribution in [2.24, 2.45) is 5.92 Å². The lowest BCUT2D eigenvalue weighted by Gasteiger charge is -2.34. The topological polar surface area (TPSA) is 61.4 Å². The molecule has 1 fully saturated rings. The number of amides is 3. The second-order valence-electron chi connectivity index (χ2n) is 7.90. The molecule has 30 heavy (non-hydrogen) atoms. The molecular weight excluding hydrogens is 442 g/mol. The summed E-state index contributed by atoms with van der Waals surface area (Å²) in [5.41, 5.74) is 2.05. The molecule has 1 aliphatic rings. The zero-order chi connectivity index (χ0) is 21.3. The van der Waals surface area contributed by atoms with Gasteiger partial charge in [-0.3, -0.25) is 4.79 Å². The number of urea groups is 1. The van der Waals surface area contributed by atoms with Crippen LogP contribution in [0.2, 0.25) is 0 Å². The molecule has 6 heteroatoms. The third-order valence-corrected chi connectivity index (χ3v) is 6.10. The molecule has 5 nitrogen and oxygen atoms in total. The monoisotopic (exact) mass is 471 g/mol. The zero-order valence-corrected chi connectivity index (χ0v) is 19.0. The summed E-state index contributed by atoms with van der Waals surface area (Å²) in [6, 6.07) is 17.1. The Balaban J connectivity index is 1.51. The van der Waals surface area contributed by atoms with Crippen molar-refractivity contribution in [2.45, 2.75) is 45.1 Å². The Kier molecular flexibility index (Phi) is 8.31. The van der Waals surface area contributed by atoms with Gasteiger partial charge in [-0.15, -0.1) is 0 Å². The Bertz CT molecular complexity index is 818. The number of rotatable bonds is 7. The first kappa shape index (κ1) is 22.3. The van der Waals surface area contributed by atoms with Crippen molar-refractivity contribution < 1.29 is 9.59 Å². The molecule has 3 amide bonds. The maximum absolute atomic E-state index is 13.1. The van der Waals surface area contributed by atoms with Crippen molar-refractivity contribution in [2.75, 3.05) is 18.4 Å². The van der Waals surface area contributed by atoms with Gasteiger partial charge in [0.1, 0.15) is 6.04 Å². The van der Waals surface area contributed by atoms with Gasteiger partial charge < -0.3 is 15.5 Å². The molecule has 0 aliphatic carbocycles. The van der Waals surface area contributed by atoms with Crippen LogP contribution in [0.3, 0.4) is 0 Å². The second-order valence-corrected chi connectivity index (χ2v) is 8.82. The van der Waals surface area contributed by atoms with E-state index in [0.717, 1.165) is 43.2 Å². The van der Waals surface area contributed by atoms with E-state index in [-0.39, 0.29) is 11.9 Å². The van der Waals surface area contributed by atoms with Gasteiger partial charge >= 0.3 is 6.03 Å². The highest BCUT2D eigenvalue weighted by atomic mass is 79.9. The number of nitrogens with zero attached hydrogens (tertiary/aromatic N) is 1. The summed E-state index contributed by atoms with van der Waals surface area (Å²) in [6.07, 6.45) is 4.54. The molecule has 0 aromatic heterocycles. The van der Waals surface area contributed by atoms with Crippen LogP contribution < -0.4 is 10.6 Å². The normalized spacial score (nSPS) is 15.5. The number of nitrogens with one attached hydrogen (secondary N) is 2. The number of anilines is 1. The van der Waals surface area contributed by atoms with Gasteiger partial charge in [-0.2, -0.15) is 0 Å². The van der Waals surface area contributed by atoms with Crippen LogP contribution in [0.25, 0.3) is 0 Å². The predicted molar refractivity (Wildman–Crippen MR) is 124 cm³/mol. The van der Waals surface area contributed by atoms with Crippen LogP contribution in [0.4, 0.5) is 10.5 Å². The highest BCUT2D eigenvalue weighted by Gasteiger charge is 2.29. The quantitative estimate of drug-likeness (QED) is 0.581. The van der Waals surface area contributed by atoms with Crippen LogP contribution in [-0.4, -0.2) is 36.0 Å². The number of benzene rings is 2. The van der Waals surface area contributed by atoms with Gasteiger partial charge in [0.2, 0.25) is 5.91 Å². The van der Waals surface area contributed by atoms with E-state index >= 15 is 0 Å². The standard InChI is InChI=1S/C24H30BrN3O2/c1-2-6-22(27-24(30)26-21-11-9-20(25)10-12-21)23(29)28-15-13-19(14-16-28)17-18-7-4-3-5-8-18/h3-5,7-12,19,22H,2,6,13-17H2,1H3,(H2,26,27,30). The van der Waals surface area contributed by atoms with Gasteiger partial charge in [0.05, 0.1) is 0 Å². The van der Waals surface area contributed by atoms with E-state index in [0.29, 0.717) is 18.0 Å². The van der Waals surface area contributed by atoms with E-state index in [4.69, 9.17) is 0 Å². The van der Waals surface area contributed by atoms with Crippen molar-refractivity contribution in [3.05, 3.63) is 64.6 Å². The van der Waals surface area contributed by atoms with Gasteiger partial charge in [-0.25, -0.2) is 4.79 Å². The minimum Gasteiger partial charge on any atom is -0.341 e. The number of hydrogen-bond donors (Lipinski definition) is 2. The maximum Gasteiger partial charge on any atom is 0.319 e. The molecule has 0 saturated carbocycles. The van der Waals surface area contributed by atoms with Gasteiger partial charge in [-0.05, 0) is 61.4 Å². The van der Waals surface area contributed by atoms with Crippen LogP contribution in [-0.2, 0) is 11.2 Å². The van der Waals surface area contributed by atoms with E-state index in [1.165, 1.54) is 5.56 Å². The minimum absolute atomic E-state index is 0.0287. The first-order chi connectivity index (χ1) is 14.5. The number of carbonyl (C=O) groups is 2. The molecule has 160 valence electrons.